The average Bonchev–Trinajstić information content (AvgIpc) is 2.70. The molecule has 0 spiro atoms. The Morgan fingerprint density at radius 1 is 1.47 bits per heavy atom. The number of amides is 1. The lowest BCUT2D eigenvalue weighted by atomic mass is 10.0. The van der Waals surface area contributed by atoms with Gasteiger partial charge in [-0.15, -0.1) is 0 Å². The fraction of sp³-hybridized carbons (Fsp3) is 0.467. The minimum absolute atomic E-state index is 0.0307. The molecule has 1 heterocycles. The first-order valence-corrected chi connectivity index (χ1v) is 6.66. The molecule has 4 heteroatoms. The lowest BCUT2D eigenvalue weighted by Gasteiger charge is -2.15. The Morgan fingerprint density at radius 3 is 2.95 bits per heavy atom. The molecule has 1 saturated heterocycles. The molecule has 0 aromatic heterocycles. The highest BCUT2D eigenvalue weighted by atomic mass is 19.1. The summed E-state index contributed by atoms with van der Waals surface area (Å²) in [7, 11) is 0. The summed E-state index contributed by atoms with van der Waals surface area (Å²) in [5, 5.41) is 0. The minimum atomic E-state index is -0.428. The molecule has 19 heavy (non-hydrogen) atoms. The molecule has 1 unspecified atom stereocenters. The van der Waals surface area contributed by atoms with Gasteiger partial charge in [-0.2, -0.15) is 0 Å². The van der Waals surface area contributed by atoms with Gasteiger partial charge in [0.1, 0.15) is 5.82 Å². The van der Waals surface area contributed by atoms with Crippen LogP contribution in [0.25, 0.3) is 0 Å². The number of halogens is 1. The molecule has 1 aromatic carbocycles. The molecule has 1 aliphatic rings. The monoisotopic (exact) mass is 263 g/mol. The highest BCUT2D eigenvalue weighted by Crippen LogP contribution is 2.22. The van der Waals surface area contributed by atoms with Crippen molar-refractivity contribution in [2.45, 2.75) is 26.2 Å². The van der Waals surface area contributed by atoms with Crippen LogP contribution < -0.4 is 0 Å². The van der Waals surface area contributed by atoms with Gasteiger partial charge in [-0.05, 0) is 24.5 Å². The summed E-state index contributed by atoms with van der Waals surface area (Å²) in [4.78, 5) is 25.4. The standard InChI is InChI=1S/C15H18FNO2/c1-2-4-11-7-15(19)17(9-11)10-14(18)12-5-3-6-13(16)8-12/h3,5-6,8,11H,2,4,7,9-10H2,1H3. The van der Waals surface area contributed by atoms with Crippen LogP contribution in [0.5, 0.6) is 0 Å². The summed E-state index contributed by atoms with van der Waals surface area (Å²) >= 11 is 0. The Balaban J connectivity index is 1.98. The molecule has 0 aliphatic carbocycles. The van der Waals surface area contributed by atoms with Crippen molar-refractivity contribution in [1.29, 1.82) is 0 Å². The van der Waals surface area contributed by atoms with E-state index in [1.165, 1.54) is 18.2 Å². The molecular formula is C15H18FNO2. The van der Waals surface area contributed by atoms with E-state index in [-0.39, 0.29) is 18.2 Å². The molecule has 1 fully saturated rings. The van der Waals surface area contributed by atoms with E-state index in [4.69, 9.17) is 0 Å². The molecule has 2 rings (SSSR count). The quantitative estimate of drug-likeness (QED) is 0.766. The Hall–Kier alpha value is -1.71. The molecule has 0 bridgehead atoms. The zero-order valence-corrected chi connectivity index (χ0v) is 11.1. The van der Waals surface area contributed by atoms with Gasteiger partial charge in [0.15, 0.2) is 5.78 Å². The van der Waals surface area contributed by atoms with Crippen LogP contribution in [0.2, 0.25) is 0 Å². The summed E-state index contributed by atoms with van der Waals surface area (Å²) in [5.74, 6) is -0.242. The summed E-state index contributed by atoms with van der Waals surface area (Å²) in [6.45, 7) is 2.79. The third-order valence-electron chi connectivity index (χ3n) is 3.47. The zero-order valence-electron chi connectivity index (χ0n) is 11.1. The van der Waals surface area contributed by atoms with Crippen molar-refractivity contribution in [1.82, 2.24) is 4.90 Å². The summed E-state index contributed by atoms with van der Waals surface area (Å²) in [6, 6.07) is 5.60. The number of ketones is 1. The van der Waals surface area contributed by atoms with E-state index in [0.717, 1.165) is 12.8 Å². The Morgan fingerprint density at radius 2 is 2.26 bits per heavy atom. The molecular weight excluding hydrogens is 245 g/mol. The first kappa shape index (κ1) is 13.7. The maximum absolute atomic E-state index is 13.0. The minimum Gasteiger partial charge on any atom is -0.335 e. The molecule has 102 valence electrons. The second-order valence-electron chi connectivity index (χ2n) is 5.07. The molecule has 1 atom stereocenters. The van der Waals surface area contributed by atoms with Crippen molar-refractivity contribution in [3.63, 3.8) is 0 Å². The molecule has 3 nitrogen and oxygen atoms in total. The van der Waals surface area contributed by atoms with E-state index in [2.05, 4.69) is 6.92 Å². The van der Waals surface area contributed by atoms with Crippen molar-refractivity contribution in [3.05, 3.63) is 35.6 Å². The SMILES string of the molecule is CCCC1CC(=O)N(CC(=O)c2cccc(F)c2)C1. The second kappa shape index (κ2) is 5.95. The third-order valence-corrected chi connectivity index (χ3v) is 3.47. The molecule has 0 saturated carbocycles. The number of carbonyl (C=O) groups excluding carboxylic acids is 2. The summed E-state index contributed by atoms with van der Waals surface area (Å²) in [6.07, 6.45) is 2.59. The van der Waals surface area contributed by atoms with E-state index in [0.29, 0.717) is 24.4 Å². The predicted molar refractivity (Wildman–Crippen MR) is 70.3 cm³/mol. The van der Waals surface area contributed by atoms with Crippen LogP contribution in [0.3, 0.4) is 0 Å². The molecule has 1 amide bonds. The van der Waals surface area contributed by atoms with Gasteiger partial charge in [0, 0.05) is 18.5 Å². The van der Waals surface area contributed by atoms with Crippen LogP contribution in [-0.2, 0) is 4.79 Å². The van der Waals surface area contributed by atoms with Crippen LogP contribution in [-0.4, -0.2) is 29.7 Å². The topological polar surface area (TPSA) is 37.4 Å². The molecule has 0 N–H and O–H groups in total. The van der Waals surface area contributed by atoms with Crippen LogP contribution in [0.1, 0.15) is 36.5 Å². The second-order valence-corrected chi connectivity index (χ2v) is 5.07. The normalized spacial score (nSPS) is 18.9. The van der Waals surface area contributed by atoms with Gasteiger partial charge in [0.05, 0.1) is 6.54 Å². The Kier molecular flexibility index (Phi) is 4.30. The first-order valence-electron chi connectivity index (χ1n) is 6.66. The highest BCUT2D eigenvalue weighted by Gasteiger charge is 2.30. The summed E-state index contributed by atoms with van der Waals surface area (Å²) < 4.78 is 13.0. The van der Waals surface area contributed by atoms with Gasteiger partial charge in [0.2, 0.25) is 5.91 Å². The van der Waals surface area contributed by atoms with Crippen LogP contribution in [0.15, 0.2) is 24.3 Å². The predicted octanol–water partition coefficient (Wildman–Crippen LogP) is 2.66. The van der Waals surface area contributed by atoms with Crippen molar-refractivity contribution < 1.29 is 14.0 Å². The number of Topliss-reactive ketones (excluding diaryl/α,β-unsaturated/α-hetero) is 1. The zero-order chi connectivity index (χ0) is 13.8. The number of hydrogen-bond acceptors (Lipinski definition) is 2. The average molecular weight is 263 g/mol. The molecule has 0 radical (unpaired) electrons. The van der Waals surface area contributed by atoms with E-state index in [1.807, 2.05) is 0 Å². The van der Waals surface area contributed by atoms with Crippen molar-refractivity contribution in [2.75, 3.05) is 13.1 Å². The fourth-order valence-electron chi connectivity index (χ4n) is 2.53. The van der Waals surface area contributed by atoms with Gasteiger partial charge in [0.25, 0.3) is 0 Å². The van der Waals surface area contributed by atoms with Crippen LogP contribution in [0, 0.1) is 11.7 Å². The Labute approximate surface area is 112 Å². The van der Waals surface area contributed by atoms with E-state index >= 15 is 0 Å². The molecule has 1 aliphatic heterocycles. The van der Waals surface area contributed by atoms with Gasteiger partial charge in [-0.1, -0.05) is 25.5 Å². The number of nitrogens with zero attached hydrogens (tertiary/aromatic N) is 1. The largest absolute Gasteiger partial charge is 0.335 e. The number of likely N-dealkylation sites (tertiary alicyclic amines) is 1. The van der Waals surface area contributed by atoms with Crippen LogP contribution in [0.4, 0.5) is 4.39 Å². The number of benzene rings is 1. The number of hydrogen-bond donors (Lipinski definition) is 0. The maximum atomic E-state index is 13.0. The van der Waals surface area contributed by atoms with Gasteiger partial charge in [-0.3, -0.25) is 9.59 Å². The smallest absolute Gasteiger partial charge is 0.223 e. The summed E-state index contributed by atoms with van der Waals surface area (Å²) in [5.41, 5.74) is 0.326. The maximum Gasteiger partial charge on any atom is 0.223 e. The van der Waals surface area contributed by atoms with Crippen molar-refractivity contribution in [2.24, 2.45) is 5.92 Å². The fourth-order valence-corrected chi connectivity index (χ4v) is 2.53. The number of rotatable bonds is 5. The van der Waals surface area contributed by atoms with Gasteiger partial charge in [-0.25, -0.2) is 4.39 Å². The lowest BCUT2D eigenvalue weighted by Crippen LogP contribution is -2.31. The van der Waals surface area contributed by atoms with Gasteiger partial charge < -0.3 is 4.90 Å². The van der Waals surface area contributed by atoms with E-state index in [9.17, 15) is 14.0 Å². The van der Waals surface area contributed by atoms with Crippen molar-refractivity contribution in [3.8, 4) is 0 Å². The number of carbonyl (C=O) groups is 2. The van der Waals surface area contributed by atoms with E-state index < -0.39 is 5.82 Å². The Bertz CT molecular complexity index is 487. The highest BCUT2D eigenvalue weighted by molar-refractivity contribution is 5.99. The van der Waals surface area contributed by atoms with Crippen LogP contribution >= 0.6 is 0 Å². The lowest BCUT2D eigenvalue weighted by molar-refractivity contribution is -0.127. The third kappa shape index (κ3) is 3.40. The first-order chi connectivity index (χ1) is 9.10. The van der Waals surface area contributed by atoms with E-state index in [1.54, 1.807) is 11.0 Å². The van der Waals surface area contributed by atoms with Crippen molar-refractivity contribution >= 4 is 11.7 Å². The van der Waals surface area contributed by atoms with Gasteiger partial charge >= 0.3 is 0 Å². The molecule has 1 aromatic rings.